The molecule has 0 saturated heterocycles. The summed E-state index contributed by atoms with van der Waals surface area (Å²) in [4.78, 5) is 0. The Kier molecular flexibility index (Phi) is 4.85. The van der Waals surface area contributed by atoms with Crippen LogP contribution in [0.4, 0.5) is 5.69 Å². The van der Waals surface area contributed by atoms with Gasteiger partial charge in [-0.3, -0.25) is 5.06 Å². The first-order valence-electron chi connectivity index (χ1n) is 5.36. The lowest BCUT2D eigenvalue weighted by Crippen LogP contribution is -2.17. The van der Waals surface area contributed by atoms with E-state index in [1.165, 1.54) is 24.0 Å². The predicted molar refractivity (Wildman–Crippen MR) is 65.0 cm³/mol. The van der Waals surface area contributed by atoms with Crippen LogP contribution in [0.3, 0.4) is 0 Å². The molecule has 1 rings (SSSR count). The van der Waals surface area contributed by atoms with Crippen LogP contribution in [0.15, 0.2) is 18.2 Å². The molecule has 3 heteroatoms. The van der Waals surface area contributed by atoms with Crippen molar-refractivity contribution in [2.45, 2.75) is 33.1 Å². The Morgan fingerprint density at radius 2 is 2.13 bits per heavy atom. The van der Waals surface area contributed by atoms with E-state index in [9.17, 15) is 0 Å². The van der Waals surface area contributed by atoms with Crippen molar-refractivity contribution in [2.24, 2.45) is 0 Å². The number of unbranched alkanes of at least 4 members (excludes halogenated alkanes) is 1. The van der Waals surface area contributed by atoms with Crippen molar-refractivity contribution in [1.82, 2.24) is 0 Å². The van der Waals surface area contributed by atoms with Crippen molar-refractivity contribution in [1.29, 1.82) is 0 Å². The summed E-state index contributed by atoms with van der Waals surface area (Å²) in [7, 11) is 4.92. The van der Waals surface area contributed by atoms with Crippen LogP contribution in [0.5, 0.6) is 0 Å². The van der Waals surface area contributed by atoms with E-state index in [0.29, 0.717) is 0 Å². The zero-order chi connectivity index (χ0) is 11.3. The van der Waals surface area contributed by atoms with Crippen LogP contribution >= 0.6 is 0 Å². The van der Waals surface area contributed by atoms with Crippen molar-refractivity contribution in [3.05, 3.63) is 29.3 Å². The number of hydrogen-bond acceptors (Lipinski definition) is 2. The highest BCUT2D eigenvalue weighted by molar-refractivity contribution is 5.98. The van der Waals surface area contributed by atoms with Gasteiger partial charge in [-0.05, 0) is 37.0 Å². The van der Waals surface area contributed by atoms with Gasteiger partial charge in [-0.1, -0.05) is 25.5 Å². The van der Waals surface area contributed by atoms with Gasteiger partial charge >= 0.3 is 0 Å². The SMILES string of the molecule is CCCCc1cccc(N(C)O[Si])c1C. The Balaban J connectivity index is 2.90. The third-order valence-corrected chi connectivity index (χ3v) is 2.97. The molecule has 81 valence electrons. The summed E-state index contributed by atoms with van der Waals surface area (Å²) in [6, 6.07) is 6.33. The second-order valence-corrected chi connectivity index (χ2v) is 3.94. The Labute approximate surface area is 95.7 Å². The lowest BCUT2D eigenvalue weighted by Gasteiger charge is -2.20. The van der Waals surface area contributed by atoms with Gasteiger partial charge in [0.25, 0.3) is 10.5 Å². The number of anilines is 1. The third-order valence-electron chi connectivity index (χ3n) is 2.69. The zero-order valence-corrected chi connectivity index (χ0v) is 10.7. The maximum atomic E-state index is 5.02. The molecular formula is C12H18NOSi. The summed E-state index contributed by atoms with van der Waals surface area (Å²) < 4.78 is 5.02. The fraction of sp³-hybridized carbons (Fsp3) is 0.500. The molecule has 0 bridgehead atoms. The van der Waals surface area contributed by atoms with Crippen molar-refractivity contribution < 1.29 is 4.53 Å². The number of benzene rings is 1. The quantitative estimate of drug-likeness (QED) is 0.559. The van der Waals surface area contributed by atoms with Gasteiger partial charge in [-0.25, -0.2) is 0 Å². The van der Waals surface area contributed by atoms with E-state index in [2.05, 4.69) is 42.5 Å². The minimum atomic E-state index is 1.11. The molecular weight excluding hydrogens is 202 g/mol. The van der Waals surface area contributed by atoms with Gasteiger partial charge in [0, 0.05) is 7.05 Å². The molecule has 0 aliphatic heterocycles. The fourth-order valence-electron chi connectivity index (χ4n) is 1.70. The molecule has 0 unspecified atom stereocenters. The molecule has 2 nitrogen and oxygen atoms in total. The van der Waals surface area contributed by atoms with Crippen LogP contribution in [0.1, 0.15) is 30.9 Å². The van der Waals surface area contributed by atoms with E-state index >= 15 is 0 Å². The number of nitrogens with zero attached hydrogens (tertiary/aromatic N) is 1. The fourth-order valence-corrected chi connectivity index (χ4v) is 1.80. The summed E-state index contributed by atoms with van der Waals surface area (Å²) in [5.74, 6) is 0. The monoisotopic (exact) mass is 220 g/mol. The lowest BCUT2D eigenvalue weighted by molar-refractivity contribution is 0.334. The third kappa shape index (κ3) is 3.07. The molecule has 0 aliphatic rings. The van der Waals surface area contributed by atoms with E-state index in [1.807, 2.05) is 7.05 Å². The Morgan fingerprint density at radius 1 is 1.40 bits per heavy atom. The van der Waals surface area contributed by atoms with Gasteiger partial charge in [0.15, 0.2) is 0 Å². The Morgan fingerprint density at radius 3 is 2.73 bits per heavy atom. The number of hydroxylamine groups is 1. The first kappa shape index (κ1) is 12.3. The molecule has 0 spiro atoms. The first-order chi connectivity index (χ1) is 7.20. The van der Waals surface area contributed by atoms with E-state index in [1.54, 1.807) is 5.06 Å². The van der Waals surface area contributed by atoms with Gasteiger partial charge < -0.3 is 4.53 Å². The topological polar surface area (TPSA) is 12.5 Å². The van der Waals surface area contributed by atoms with Crippen molar-refractivity contribution in [2.75, 3.05) is 12.1 Å². The average molecular weight is 220 g/mol. The van der Waals surface area contributed by atoms with Gasteiger partial charge in [0.1, 0.15) is 0 Å². The molecule has 1 aromatic rings. The number of rotatable bonds is 5. The minimum Gasteiger partial charge on any atom is -0.322 e. The molecule has 3 radical (unpaired) electrons. The van der Waals surface area contributed by atoms with Crippen LogP contribution in [0.25, 0.3) is 0 Å². The first-order valence-corrected chi connectivity index (χ1v) is 5.77. The average Bonchev–Trinajstić information content (AvgIpc) is 2.27. The summed E-state index contributed by atoms with van der Waals surface area (Å²) >= 11 is 0. The summed E-state index contributed by atoms with van der Waals surface area (Å²) in [5.41, 5.74) is 3.82. The van der Waals surface area contributed by atoms with Crippen molar-refractivity contribution in [3.63, 3.8) is 0 Å². The number of aryl methyl sites for hydroxylation is 1. The van der Waals surface area contributed by atoms with Crippen molar-refractivity contribution >= 4 is 16.2 Å². The Hall–Kier alpha value is -0.803. The van der Waals surface area contributed by atoms with Crippen LogP contribution in [0, 0.1) is 6.92 Å². The Bertz CT molecular complexity index is 314. The molecule has 0 aromatic heterocycles. The van der Waals surface area contributed by atoms with Crippen LogP contribution < -0.4 is 5.06 Å². The van der Waals surface area contributed by atoms with E-state index < -0.39 is 0 Å². The van der Waals surface area contributed by atoms with Crippen LogP contribution in [0.2, 0.25) is 0 Å². The smallest absolute Gasteiger partial charge is 0.291 e. The van der Waals surface area contributed by atoms with Gasteiger partial charge in [0.2, 0.25) is 0 Å². The van der Waals surface area contributed by atoms with E-state index in [0.717, 1.165) is 12.1 Å². The zero-order valence-electron chi connectivity index (χ0n) is 9.71. The van der Waals surface area contributed by atoms with Crippen LogP contribution in [-0.4, -0.2) is 17.5 Å². The highest BCUT2D eigenvalue weighted by Gasteiger charge is 2.06. The largest absolute Gasteiger partial charge is 0.322 e. The minimum absolute atomic E-state index is 1.11. The molecule has 0 fully saturated rings. The van der Waals surface area contributed by atoms with E-state index in [4.69, 9.17) is 4.53 Å². The molecule has 0 aliphatic carbocycles. The summed E-state index contributed by atoms with van der Waals surface area (Å²) in [5, 5.41) is 1.72. The second kappa shape index (κ2) is 5.93. The highest BCUT2D eigenvalue weighted by atomic mass is 28.2. The van der Waals surface area contributed by atoms with E-state index in [-0.39, 0.29) is 0 Å². The maximum Gasteiger partial charge on any atom is 0.291 e. The van der Waals surface area contributed by atoms with Crippen molar-refractivity contribution in [3.8, 4) is 0 Å². The molecule has 0 amide bonds. The maximum absolute atomic E-state index is 5.02. The van der Waals surface area contributed by atoms with Crippen LogP contribution in [-0.2, 0) is 10.9 Å². The van der Waals surface area contributed by atoms with Gasteiger partial charge in [-0.15, -0.1) is 0 Å². The molecule has 0 heterocycles. The lowest BCUT2D eigenvalue weighted by atomic mass is 10.0. The predicted octanol–water partition coefficient (Wildman–Crippen LogP) is 2.79. The summed E-state index contributed by atoms with van der Waals surface area (Å²) in [6.45, 7) is 4.36. The molecule has 1 aromatic carbocycles. The highest BCUT2D eigenvalue weighted by Crippen LogP contribution is 2.23. The van der Waals surface area contributed by atoms with Gasteiger partial charge in [-0.2, -0.15) is 0 Å². The summed E-state index contributed by atoms with van der Waals surface area (Å²) in [6.07, 6.45) is 3.61. The normalized spacial score (nSPS) is 10.4. The molecule has 15 heavy (non-hydrogen) atoms. The standard InChI is InChI=1S/C12H18NOSi/c1-4-5-7-11-8-6-9-12(10(11)2)13(3)14-15/h6,8-9H,4-5,7H2,1-3H3. The number of hydrogen-bond donors (Lipinski definition) is 0. The molecule has 0 atom stereocenters. The molecule has 0 saturated carbocycles. The van der Waals surface area contributed by atoms with Gasteiger partial charge in [0.05, 0.1) is 5.69 Å². The molecule has 0 N–H and O–H groups in total. The second-order valence-electron chi connectivity index (χ2n) is 3.75.